The Morgan fingerprint density at radius 2 is 2.22 bits per heavy atom. The molecule has 1 aromatic heterocycles. The van der Waals surface area contributed by atoms with Gasteiger partial charge in [-0.1, -0.05) is 6.92 Å². The molecule has 0 aliphatic heterocycles. The number of nitro groups is 1. The molecule has 0 atom stereocenters. The molecule has 0 bridgehead atoms. The van der Waals surface area contributed by atoms with Crippen LogP contribution in [0, 0.1) is 10.1 Å². The van der Waals surface area contributed by atoms with Gasteiger partial charge in [0, 0.05) is 25.7 Å². The number of aromatic nitrogens is 1. The third-order valence-corrected chi connectivity index (χ3v) is 2.45. The van der Waals surface area contributed by atoms with Crippen molar-refractivity contribution in [3.05, 3.63) is 28.1 Å². The first-order valence-corrected chi connectivity index (χ1v) is 5.87. The van der Waals surface area contributed by atoms with Gasteiger partial charge >= 0.3 is 0 Å². The van der Waals surface area contributed by atoms with E-state index in [-0.39, 0.29) is 11.6 Å². The second kappa shape index (κ2) is 6.75. The lowest BCUT2D eigenvalue weighted by molar-refractivity contribution is -0.384. The molecule has 100 valence electrons. The van der Waals surface area contributed by atoms with Gasteiger partial charge in [-0.25, -0.2) is 0 Å². The minimum absolute atomic E-state index is 0.0535. The van der Waals surface area contributed by atoms with Gasteiger partial charge in [0.2, 0.25) is 0 Å². The van der Waals surface area contributed by atoms with Crippen molar-refractivity contribution >= 4 is 11.6 Å². The molecule has 0 unspecified atom stereocenters. The first kappa shape index (κ1) is 14.2. The first-order valence-electron chi connectivity index (χ1n) is 5.87. The fraction of sp³-hybridized carbons (Fsp3) is 0.545. The van der Waals surface area contributed by atoms with Gasteiger partial charge < -0.3 is 15.2 Å². The maximum atomic E-state index is 11.9. The molecule has 0 aliphatic carbocycles. The molecule has 0 radical (unpaired) electrons. The molecule has 1 aromatic rings. The summed E-state index contributed by atoms with van der Waals surface area (Å²) < 4.78 is 1.62. The Hall–Kier alpha value is -1.89. The molecule has 18 heavy (non-hydrogen) atoms. The number of amides is 1. The quantitative estimate of drug-likeness (QED) is 0.427. The minimum atomic E-state index is -0.490. The molecular formula is C11H18N4O3. The molecule has 0 aliphatic rings. The summed E-state index contributed by atoms with van der Waals surface area (Å²) in [6, 6.07) is 1.31. The summed E-state index contributed by atoms with van der Waals surface area (Å²) >= 11 is 0. The highest BCUT2D eigenvalue weighted by molar-refractivity contribution is 5.93. The topological polar surface area (TPSA) is 89.2 Å². The zero-order valence-corrected chi connectivity index (χ0v) is 10.6. The summed E-state index contributed by atoms with van der Waals surface area (Å²) in [5.74, 6) is -0.285. The van der Waals surface area contributed by atoms with Crippen LogP contribution in [-0.2, 0) is 6.54 Å². The van der Waals surface area contributed by atoms with Gasteiger partial charge in [-0.2, -0.15) is 0 Å². The highest BCUT2D eigenvalue weighted by atomic mass is 16.6. The van der Waals surface area contributed by atoms with Crippen LogP contribution in [0.5, 0.6) is 0 Å². The van der Waals surface area contributed by atoms with E-state index >= 15 is 0 Å². The molecule has 0 spiro atoms. The molecule has 1 rings (SSSR count). The molecule has 2 N–H and O–H groups in total. The third kappa shape index (κ3) is 3.56. The van der Waals surface area contributed by atoms with Gasteiger partial charge in [0.15, 0.2) is 0 Å². The number of aryl methyl sites for hydroxylation is 1. The lowest BCUT2D eigenvalue weighted by Crippen LogP contribution is -2.31. The zero-order valence-electron chi connectivity index (χ0n) is 10.6. The van der Waals surface area contributed by atoms with Gasteiger partial charge in [0.05, 0.1) is 11.1 Å². The Morgan fingerprint density at radius 3 is 2.78 bits per heavy atom. The van der Waals surface area contributed by atoms with Crippen LogP contribution in [0.3, 0.4) is 0 Å². The van der Waals surface area contributed by atoms with Gasteiger partial charge in [0.1, 0.15) is 5.69 Å². The first-order chi connectivity index (χ1) is 8.60. The second-order valence-corrected chi connectivity index (χ2v) is 3.89. The molecule has 7 nitrogen and oxygen atoms in total. The van der Waals surface area contributed by atoms with Crippen LogP contribution < -0.4 is 10.6 Å². The zero-order chi connectivity index (χ0) is 13.5. The Morgan fingerprint density at radius 1 is 1.50 bits per heavy atom. The number of rotatable bonds is 7. The number of nitrogens with zero attached hydrogens (tertiary/aromatic N) is 2. The summed E-state index contributed by atoms with van der Waals surface area (Å²) in [5, 5.41) is 16.3. The second-order valence-electron chi connectivity index (χ2n) is 3.89. The molecule has 7 heteroatoms. The van der Waals surface area contributed by atoms with Gasteiger partial charge in [0.25, 0.3) is 11.6 Å². The van der Waals surface area contributed by atoms with E-state index in [0.717, 1.165) is 6.42 Å². The third-order valence-electron chi connectivity index (χ3n) is 2.45. The summed E-state index contributed by atoms with van der Waals surface area (Å²) in [6.45, 7) is 3.68. The Balaban J connectivity index is 2.84. The number of carbonyl (C=O) groups excluding carboxylic acids is 1. The molecule has 0 saturated heterocycles. The number of nitrogens with one attached hydrogen (secondary N) is 2. The van der Waals surface area contributed by atoms with E-state index in [0.29, 0.717) is 25.3 Å². The monoisotopic (exact) mass is 254 g/mol. The van der Waals surface area contributed by atoms with Gasteiger partial charge in [-0.15, -0.1) is 0 Å². The van der Waals surface area contributed by atoms with E-state index in [2.05, 4.69) is 10.6 Å². The standard InChI is InChI=1S/C11H18N4O3/c1-3-6-14-8-9(15(17)18)7-10(14)11(16)13-5-4-12-2/h7-8,12H,3-6H2,1-2H3,(H,13,16). The van der Waals surface area contributed by atoms with E-state index in [1.807, 2.05) is 6.92 Å². The summed E-state index contributed by atoms with van der Waals surface area (Å²) in [7, 11) is 1.79. The number of carbonyl (C=O) groups is 1. The van der Waals surface area contributed by atoms with Crippen LogP contribution in [0.15, 0.2) is 12.3 Å². The normalized spacial score (nSPS) is 10.3. The Kier molecular flexibility index (Phi) is 5.31. The molecule has 1 amide bonds. The predicted octanol–water partition coefficient (Wildman–Crippen LogP) is 0.755. The molecule has 0 fully saturated rings. The largest absolute Gasteiger partial charge is 0.349 e. The number of likely N-dealkylation sites (N-methyl/N-ethyl adjacent to an activating group) is 1. The Labute approximate surface area is 105 Å². The van der Waals surface area contributed by atoms with Crippen molar-refractivity contribution in [2.45, 2.75) is 19.9 Å². The van der Waals surface area contributed by atoms with Crippen molar-refractivity contribution < 1.29 is 9.72 Å². The fourth-order valence-electron chi connectivity index (χ4n) is 1.60. The van der Waals surface area contributed by atoms with Crippen LogP contribution in [0.25, 0.3) is 0 Å². The number of hydrogen-bond donors (Lipinski definition) is 2. The lowest BCUT2D eigenvalue weighted by atomic mass is 10.3. The highest BCUT2D eigenvalue weighted by Gasteiger charge is 2.18. The van der Waals surface area contributed by atoms with Gasteiger partial charge in [-0.05, 0) is 13.5 Å². The van der Waals surface area contributed by atoms with E-state index in [1.54, 1.807) is 11.6 Å². The van der Waals surface area contributed by atoms with Crippen LogP contribution in [0.1, 0.15) is 23.8 Å². The van der Waals surface area contributed by atoms with Crippen molar-refractivity contribution in [3.63, 3.8) is 0 Å². The molecule has 0 saturated carbocycles. The van der Waals surface area contributed by atoms with Crippen LogP contribution >= 0.6 is 0 Å². The lowest BCUT2D eigenvalue weighted by Gasteiger charge is -2.07. The average molecular weight is 254 g/mol. The molecule has 0 aromatic carbocycles. The van der Waals surface area contributed by atoms with Crippen molar-refractivity contribution in [2.24, 2.45) is 0 Å². The fourth-order valence-corrected chi connectivity index (χ4v) is 1.60. The summed E-state index contributed by atoms with van der Waals surface area (Å²) in [5.41, 5.74) is 0.280. The summed E-state index contributed by atoms with van der Waals surface area (Å²) in [6.07, 6.45) is 2.21. The van der Waals surface area contributed by atoms with Crippen LogP contribution in [0.2, 0.25) is 0 Å². The van der Waals surface area contributed by atoms with Crippen LogP contribution in [-0.4, -0.2) is 35.5 Å². The predicted molar refractivity (Wildman–Crippen MR) is 67.6 cm³/mol. The van der Waals surface area contributed by atoms with Gasteiger partial charge in [-0.3, -0.25) is 14.9 Å². The Bertz CT molecular complexity index is 428. The smallest absolute Gasteiger partial charge is 0.287 e. The SMILES string of the molecule is CCCn1cc([N+](=O)[O-])cc1C(=O)NCCNC. The number of hydrogen-bond acceptors (Lipinski definition) is 4. The van der Waals surface area contributed by atoms with E-state index in [4.69, 9.17) is 0 Å². The maximum absolute atomic E-state index is 11.9. The molecular weight excluding hydrogens is 236 g/mol. The average Bonchev–Trinajstić information content (AvgIpc) is 2.74. The van der Waals surface area contributed by atoms with Crippen molar-refractivity contribution in [3.8, 4) is 0 Å². The van der Waals surface area contributed by atoms with E-state index < -0.39 is 4.92 Å². The van der Waals surface area contributed by atoms with E-state index in [1.165, 1.54) is 12.3 Å². The van der Waals surface area contributed by atoms with E-state index in [9.17, 15) is 14.9 Å². The minimum Gasteiger partial charge on any atom is -0.349 e. The van der Waals surface area contributed by atoms with Crippen molar-refractivity contribution in [2.75, 3.05) is 20.1 Å². The summed E-state index contributed by atoms with van der Waals surface area (Å²) in [4.78, 5) is 22.1. The van der Waals surface area contributed by atoms with Crippen molar-refractivity contribution in [1.82, 2.24) is 15.2 Å². The highest BCUT2D eigenvalue weighted by Crippen LogP contribution is 2.16. The van der Waals surface area contributed by atoms with Crippen molar-refractivity contribution in [1.29, 1.82) is 0 Å². The molecule has 1 heterocycles. The maximum Gasteiger partial charge on any atom is 0.287 e. The van der Waals surface area contributed by atoms with Crippen LogP contribution in [0.4, 0.5) is 5.69 Å².